The summed E-state index contributed by atoms with van der Waals surface area (Å²) in [6.07, 6.45) is 1.54. The molecule has 19 heavy (non-hydrogen) atoms. The van der Waals surface area contributed by atoms with Crippen LogP contribution in [0.5, 0.6) is 0 Å². The van der Waals surface area contributed by atoms with Gasteiger partial charge in [0.15, 0.2) is 11.5 Å². The van der Waals surface area contributed by atoms with E-state index in [0.717, 1.165) is 9.13 Å². The highest BCUT2D eigenvalue weighted by molar-refractivity contribution is 14.1. The third-order valence-electron chi connectivity index (χ3n) is 2.76. The molecule has 6 heteroatoms. The molecule has 0 radical (unpaired) electrons. The zero-order valence-corrected chi connectivity index (χ0v) is 11.8. The van der Waals surface area contributed by atoms with Gasteiger partial charge in [-0.1, -0.05) is 18.2 Å². The summed E-state index contributed by atoms with van der Waals surface area (Å²) in [5.41, 5.74) is 1.76. The molecule has 0 fully saturated rings. The highest BCUT2D eigenvalue weighted by Gasteiger charge is 2.12. The van der Waals surface area contributed by atoms with Crippen LogP contribution < -0.4 is 0 Å². The van der Waals surface area contributed by atoms with E-state index in [-0.39, 0.29) is 5.56 Å². The Morgan fingerprint density at radius 3 is 2.68 bits per heavy atom. The van der Waals surface area contributed by atoms with Crippen molar-refractivity contribution in [1.82, 2.24) is 14.6 Å². The number of hydrogen-bond acceptors (Lipinski definition) is 3. The molecule has 3 rings (SSSR count). The van der Waals surface area contributed by atoms with E-state index in [4.69, 9.17) is 5.11 Å². The molecule has 2 heterocycles. The molecule has 0 aliphatic heterocycles. The van der Waals surface area contributed by atoms with Crippen LogP contribution in [0.15, 0.2) is 42.6 Å². The zero-order chi connectivity index (χ0) is 13.4. The molecule has 0 unspecified atom stereocenters. The van der Waals surface area contributed by atoms with Crippen LogP contribution in [0, 0.1) is 3.57 Å². The quantitative estimate of drug-likeness (QED) is 0.710. The van der Waals surface area contributed by atoms with Crippen LogP contribution >= 0.6 is 22.6 Å². The summed E-state index contributed by atoms with van der Waals surface area (Å²) in [7, 11) is 0. The Balaban J connectivity index is 2.27. The molecular weight excluding hydrogens is 357 g/mol. The van der Waals surface area contributed by atoms with Gasteiger partial charge in [0.1, 0.15) is 0 Å². The molecule has 0 saturated heterocycles. The van der Waals surface area contributed by atoms with Crippen molar-refractivity contribution in [2.75, 3.05) is 0 Å². The second-order valence-corrected chi connectivity index (χ2v) is 5.12. The first kappa shape index (κ1) is 12.1. The summed E-state index contributed by atoms with van der Waals surface area (Å²) < 4.78 is 2.73. The van der Waals surface area contributed by atoms with E-state index in [1.807, 2.05) is 24.3 Å². The summed E-state index contributed by atoms with van der Waals surface area (Å²) in [4.78, 5) is 11.0. The van der Waals surface area contributed by atoms with E-state index in [2.05, 4.69) is 32.8 Å². The number of carboxylic acids is 1. The van der Waals surface area contributed by atoms with Gasteiger partial charge in [0.05, 0.1) is 5.56 Å². The fraction of sp³-hybridized carbons (Fsp3) is 0. The standard InChI is InChI=1S/C13H8IN3O2/c14-10-4-2-1-3-9(10)12-16-15-11-6-5-8(13(18)19)7-17(11)12/h1-7H,(H,18,19). The molecule has 0 amide bonds. The normalized spacial score (nSPS) is 10.8. The average molecular weight is 365 g/mol. The monoisotopic (exact) mass is 365 g/mol. The minimum Gasteiger partial charge on any atom is -0.478 e. The topological polar surface area (TPSA) is 67.5 Å². The van der Waals surface area contributed by atoms with Crippen molar-refractivity contribution in [3.8, 4) is 11.4 Å². The molecule has 0 atom stereocenters. The van der Waals surface area contributed by atoms with Crippen molar-refractivity contribution in [3.05, 3.63) is 51.7 Å². The van der Waals surface area contributed by atoms with Gasteiger partial charge in [-0.15, -0.1) is 10.2 Å². The van der Waals surface area contributed by atoms with Crippen molar-refractivity contribution >= 4 is 34.2 Å². The molecule has 2 aromatic heterocycles. The van der Waals surface area contributed by atoms with E-state index in [1.165, 1.54) is 12.3 Å². The van der Waals surface area contributed by atoms with Crippen molar-refractivity contribution in [2.45, 2.75) is 0 Å². The summed E-state index contributed by atoms with van der Waals surface area (Å²) in [5.74, 6) is -0.326. The number of benzene rings is 1. The van der Waals surface area contributed by atoms with Gasteiger partial charge in [0.25, 0.3) is 0 Å². The minimum atomic E-state index is -0.968. The molecular formula is C13H8IN3O2. The lowest BCUT2D eigenvalue weighted by Crippen LogP contribution is -1.99. The van der Waals surface area contributed by atoms with Crippen molar-refractivity contribution in [2.24, 2.45) is 0 Å². The maximum absolute atomic E-state index is 11.0. The summed E-state index contributed by atoms with van der Waals surface area (Å²) in [6.45, 7) is 0. The van der Waals surface area contributed by atoms with Gasteiger partial charge in [-0.3, -0.25) is 4.40 Å². The fourth-order valence-corrected chi connectivity index (χ4v) is 2.47. The number of aromatic carboxylic acids is 1. The highest BCUT2D eigenvalue weighted by Crippen LogP contribution is 2.24. The van der Waals surface area contributed by atoms with Crippen LogP contribution in [-0.4, -0.2) is 25.7 Å². The Morgan fingerprint density at radius 2 is 1.95 bits per heavy atom. The zero-order valence-electron chi connectivity index (χ0n) is 9.62. The number of hydrogen-bond donors (Lipinski definition) is 1. The molecule has 94 valence electrons. The van der Waals surface area contributed by atoms with Gasteiger partial charge >= 0.3 is 5.97 Å². The van der Waals surface area contributed by atoms with E-state index in [0.29, 0.717) is 11.5 Å². The van der Waals surface area contributed by atoms with Gasteiger partial charge in [-0.2, -0.15) is 0 Å². The number of carbonyl (C=O) groups is 1. The molecule has 0 aliphatic carbocycles. The number of fused-ring (bicyclic) bond motifs is 1. The lowest BCUT2D eigenvalue weighted by Gasteiger charge is -2.03. The van der Waals surface area contributed by atoms with Crippen LogP contribution in [0.2, 0.25) is 0 Å². The predicted molar refractivity (Wildman–Crippen MR) is 78.1 cm³/mol. The Bertz CT molecular complexity index is 782. The van der Waals surface area contributed by atoms with Gasteiger partial charge < -0.3 is 5.11 Å². The van der Waals surface area contributed by atoms with Crippen molar-refractivity contribution in [1.29, 1.82) is 0 Å². The summed E-state index contributed by atoms with van der Waals surface area (Å²) >= 11 is 2.22. The maximum atomic E-state index is 11.0. The van der Waals surface area contributed by atoms with Gasteiger partial charge in [-0.05, 0) is 40.8 Å². The van der Waals surface area contributed by atoms with Crippen molar-refractivity contribution < 1.29 is 9.90 Å². The summed E-state index contributed by atoms with van der Waals surface area (Å²) in [6, 6.07) is 10.9. The molecule has 0 saturated carbocycles. The number of nitrogens with zero attached hydrogens (tertiary/aromatic N) is 3. The molecule has 3 aromatic rings. The van der Waals surface area contributed by atoms with E-state index in [9.17, 15) is 4.79 Å². The van der Waals surface area contributed by atoms with E-state index >= 15 is 0 Å². The maximum Gasteiger partial charge on any atom is 0.337 e. The minimum absolute atomic E-state index is 0.208. The Morgan fingerprint density at radius 1 is 1.16 bits per heavy atom. The lowest BCUT2D eigenvalue weighted by atomic mass is 10.2. The van der Waals surface area contributed by atoms with Crippen LogP contribution in [0.25, 0.3) is 17.0 Å². The van der Waals surface area contributed by atoms with E-state index in [1.54, 1.807) is 10.5 Å². The Labute approximate surface area is 122 Å². The van der Waals surface area contributed by atoms with Crippen LogP contribution in [0.1, 0.15) is 10.4 Å². The second-order valence-electron chi connectivity index (χ2n) is 3.95. The number of aromatic nitrogens is 3. The average Bonchev–Trinajstić information content (AvgIpc) is 2.82. The summed E-state index contributed by atoms with van der Waals surface area (Å²) in [5, 5.41) is 17.2. The first-order chi connectivity index (χ1) is 9.16. The van der Waals surface area contributed by atoms with Crippen LogP contribution in [-0.2, 0) is 0 Å². The molecule has 5 nitrogen and oxygen atoms in total. The van der Waals surface area contributed by atoms with Gasteiger partial charge in [-0.25, -0.2) is 4.79 Å². The smallest absolute Gasteiger partial charge is 0.337 e. The molecule has 0 spiro atoms. The third-order valence-corrected chi connectivity index (χ3v) is 3.70. The van der Waals surface area contributed by atoms with Gasteiger partial charge in [0, 0.05) is 15.3 Å². The first-order valence-electron chi connectivity index (χ1n) is 5.50. The largest absolute Gasteiger partial charge is 0.478 e. The first-order valence-corrected chi connectivity index (χ1v) is 6.57. The van der Waals surface area contributed by atoms with Crippen LogP contribution in [0.4, 0.5) is 0 Å². The Kier molecular flexibility index (Phi) is 2.94. The molecule has 0 aliphatic rings. The number of halogens is 1. The van der Waals surface area contributed by atoms with Crippen molar-refractivity contribution in [3.63, 3.8) is 0 Å². The molecule has 1 aromatic carbocycles. The SMILES string of the molecule is O=C(O)c1ccc2nnc(-c3ccccc3I)n2c1. The fourth-order valence-electron chi connectivity index (χ4n) is 1.84. The predicted octanol–water partition coefficient (Wildman–Crippen LogP) is 2.70. The Hall–Kier alpha value is -1.96. The van der Waals surface area contributed by atoms with E-state index < -0.39 is 5.97 Å². The number of pyridine rings is 1. The van der Waals surface area contributed by atoms with Gasteiger partial charge in [0.2, 0.25) is 0 Å². The third kappa shape index (κ3) is 2.07. The number of rotatable bonds is 2. The van der Waals surface area contributed by atoms with Crippen LogP contribution in [0.3, 0.4) is 0 Å². The molecule has 1 N–H and O–H groups in total. The molecule has 0 bridgehead atoms. The second kappa shape index (κ2) is 4.61. The number of carboxylic acid groups (broad SMARTS) is 1. The lowest BCUT2D eigenvalue weighted by molar-refractivity contribution is 0.0696. The highest BCUT2D eigenvalue weighted by atomic mass is 127.